The Morgan fingerprint density at radius 3 is 3.07 bits per heavy atom. The Labute approximate surface area is 173 Å². The number of aromatic nitrogens is 1. The number of thiazole rings is 1. The topological polar surface area (TPSA) is 80.8 Å². The maximum atomic E-state index is 12.5. The fourth-order valence-electron chi connectivity index (χ4n) is 6.76. The number of nitrogens with zero attached hydrogens (tertiary/aromatic N) is 2. The van der Waals surface area contributed by atoms with Crippen LogP contribution >= 0.6 is 11.3 Å². The number of fused-ring (bicyclic) bond motifs is 2. The highest BCUT2D eigenvalue weighted by Gasteiger charge is 2.73. The second-order valence-corrected chi connectivity index (χ2v) is 10.6. The Morgan fingerprint density at radius 2 is 2.28 bits per heavy atom. The normalized spacial score (nSPS) is 36.3. The first-order valence-corrected chi connectivity index (χ1v) is 11.5. The summed E-state index contributed by atoms with van der Waals surface area (Å²) in [7, 11) is 1.68. The highest BCUT2D eigenvalue weighted by atomic mass is 32.1. The molecule has 3 aliphatic carbocycles. The number of benzene rings is 1. The number of likely N-dealkylation sites (tertiary alicyclic amines) is 1. The van der Waals surface area contributed by atoms with Gasteiger partial charge in [0, 0.05) is 29.4 Å². The molecule has 0 radical (unpaired) electrons. The highest BCUT2D eigenvalue weighted by Crippen LogP contribution is 2.69. The monoisotopic (exact) mass is 411 g/mol. The quantitative estimate of drug-likeness (QED) is 0.808. The van der Waals surface area contributed by atoms with Crippen molar-refractivity contribution in [2.45, 2.75) is 55.3 Å². The fourth-order valence-corrected chi connectivity index (χ4v) is 7.71. The molecule has 7 heteroatoms. The third-order valence-electron chi connectivity index (χ3n) is 8.14. The van der Waals surface area contributed by atoms with Gasteiger partial charge in [-0.2, -0.15) is 0 Å². The lowest BCUT2D eigenvalue weighted by Gasteiger charge is -2.62. The molecule has 2 bridgehead atoms. The second kappa shape index (κ2) is 5.25. The van der Waals surface area contributed by atoms with E-state index in [0.29, 0.717) is 11.6 Å². The zero-order chi connectivity index (χ0) is 19.5. The van der Waals surface area contributed by atoms with Crippen molar-refractivity contribution < 1.29 is 14.6 Å². The van der Waals surface area contributed by atoms with E-state index in [1.54, 1.807) is 7.11 Å². The second-order valence-electron chi connectivity index (χ2n) is 9.47. The summed E-state index contributed by atoms with van der Waals surface area (Å²) in [4.78, 5) is 8.33. The van der Waals surface area contributed by atoms with E-state index in [0.717, 1.165) is 53.9 Å². The Balaban J connectivity index is 1.50. The van der Waals surface area contributed by atoms with Gasteiger partial charge in [0.1, 0.15) is 0 Å². The van der Waals surface area contributed by atoms with Gasteiger partial charge in [-0.15, -0.1) is 11.3 Å². The number of nitrogens with two attached hydrogens (primary N) is 1. The Hall–Kier alpha value is -1.83. The van der Waals surface area contributed by atoms with Gasteiger partial charge in [-0.05, 0) is 49.8 Å². The van der Waals surface area contributed by atoms with E-state index >= 15 is 0 Å². The van der Waals surface area contributed by atoms with Gasteiger partial charge in [0.25, 0.3) is 0 Å². The minimum atomic E-state index is -0.874. The first-order chi connectivity index (χ1) is 14.0. The van der Waals surface area contributed by atoms with Crippen molar-refractivity contribution in [3.8, 4) is 11.5 Å². The summed E-state index contributed by atoms with van der Waals surface area (Å²) in [6.45, 7) is 2.10. The molecule has 2 aromatic rings. The molecule has 2 aliphatic heterocycles. The molecule has 5 aliphatic rings. The molecule has 1 saturated carbocycles. The van der Waals surface area contributed by atoms with Crippen LogP contribution < -0.4 is 15.2 Å². The zero-order valence-corrected chi connectivity index (χ0v) is 17.3. The maximum Gasteiger partial charge on any atom is 0.180 e. The molecule has 1 spiro atoms. The molecule has 6 nitrogen and oxygen atoms in total. The van der Waals surface area contributed by atoms with Crippen LogP contribution in [0.4, 0.5) is 5.13 Å². The Morgan fingerprint density at radius 1 is 1.41 bits per heavy atom. The number of nitrogen functional groups attached to an aromatic ring is 1. The molecule has 0 amide bonds. The largest absolute Gasteiger partial charge is 0.493 e. The first kappa shape index (κ1) is 16.9. The van der Waals surface area contributed by atoms with E-state index in [-0.39, 0.29) is 12.1 Å². The average molecular weight is 412 g/mol. The predicted octanol–water partition coefficient (Wildman–Crippen LogP) is 2.43. The fraction of sp³-hybridized carbons (Fsp3) is 0.591. The highest BCUT2D eigenvalue weighted by molar-refractivity contribution is 7.15. The summed E-state index contributed by atoms with van der Waals surface area (Å²) in [5.41, 5.74) is 8.17. The van der Waals surface area contributed by atoms with Gasteiger partial charge in [-0.25, -0.2) is 4.98 Å². The minimum Gasteiger partial charge on any atom is -0.493 e. The third-order valence-corrected chi connectivity index (χ3v) is 9.04. The van der Waals surface area contributed by atoms with Crippen LogP contribution in [-0.2, 0) is 18.3 Å². The molecular formula is C22H25N3O3S. The van der Waals surface area contributed by atoms with Crippen molar-refractivity contribution in [1.29, 1.82) is 0 Å². The number of hydrogen-bond donors (Lipinski definition) is 2. The Kier molecular flexibility index (Phi) is 3.06. The van der Waals surface area contributed by atoms with Gasteiger partial charge in [-0.3, -0.25) is 4.90 Å². The van der Waals surface area contributed by atoms with Crippen molar-refractivity contribution in [1.82, 2.24) is 9.88 Å². The molecule has 3 N–H and O–H groups in total. The van der Waals surface area contributed by atoms with Crippen molar-refractivity contribution in [2.75, 3.05) is 25.9 Å². The molecule has 0 unspecified atom stereocenters. The lowest BCUT2D eigenvalue weighted by atomic mass is 9.49. The number of anilines is 1. The van der Waals surface area contributed by atoms with Crippen LogP contribution in [0.15, 0.2) is 12.1 Å². The molecule has 2 fully saturated rings. The number of rotatable bonds is 3. The number of aliphatic hydroxyl groups is 1. The summed E-state index contributed by atoms with van der Waals surface area (Å²) in [5, 5.41) is 13.1. The maximum absolute atomic E-state index is 12.5. The van der Waals surface area contributed by atoms with Crippen LogP contribution in [0.1, 0.15) is 47.1 Å². The van der Waals surface area contributed by atoms with Crippen LogP contribution in [0, 0.1) is 5.92 Å². The van der Waals surface area contributed by atoms with Gasteiger partial charge < -0.3 is 20.3 Å². The minimum absolute atomic E-state index is 0.103. The van der Waals surface area contributed by atoms with Crippen LogP contribution in [0.2, 0.25) is 0 Å². The summed E-state index contributed by atoms with van der Waals surface area (Å²) in [6.07, 6.45) is 4.70. The van der Waals surface area contributed by atoms with Crippen LogP contribution in [0.25, 0.3) is 0 Å². The van der Waals surface area contributed by atoms with E-state index < -0.39 is 11.0 Å². The number of piperidine rings is 1. The SMILES string of the molecule is COc1ccc2c3c1O[C@H]1c4nc(N)sc4C[C@@]4(O)[C@@H](C2)N(CC2CC2)CC[C@]314. The Bertz CT molecular complexity index is 1050. The molecule has 1 aromatic carbocycles. The zero-order valence-electron chi connectivity index (χ0n) is 16.5. The van der Waals surface area contributed by atoms with Gasteiger partial charge in [0.15, 0.2) is 22.7 Å². The van der Waals surface area contributed by atoms with Gasteiger partial charge in [0.2, 0.25) is 0 Å². The van der Waals surface area contributed by atoms with E-state index in [1.165, 1.54) is 35.3 Å². The van der Waals surface area contributed by atoms with Crippen molar-refractivity contribution in [2.24, 2.45) is 5.92 Å². The number of hydrogen-bond acceptors (Lipinski definition) is 7. The third kappa shape index (κ3) is 1.88. The van der Waals surface area contributed by atoms with Crippen molar-refractivity contribution >= 4 is 16.5 Å². The van der Waals surface area contributed by atoms with Crippen LogP contribution in [0.3, 0.4) is 0 Å². The van der Waals surface area contributed by atoms with Crippen LogP contribution in [0.5, 0.6) is 11.5 Å². The van der Waals surface area contributed by atoms with Gasteiger partial charge in [0.05, 0.1) is 23.8 Å². The first-order valence-electron chi connectivity index (χ1n) is 10.6. The standard InChI is InChI=1S/C22H25N3O3S/c1-27-13-5-4-12-8-15-22(26)9-14-17(24-20(23)29-14)19-21(22,16(12)18(13)28-19)6-7-25(15)10-11-2-3-11/h4-5,11,15,19,26H,2-3,6-10H2,1H3,(H2,23,24)/t15-,19+,21+,22-/m1/s1. The van der Waals surface area contributed by atoms with Crippen molar-refractivity contribution in [3.63, 3.8) is 0 Å². The van der Waals surface area contributed by atoms with Crippen molar-refractivity contribution in [3.05, 3.63) is 33.8 Å². The molecule has 7 rings (SSSR count). The molecule has 1 aromatic heterocycles. The molecule has 1 saturated heterocycles. The molecule has 29 heavy (non-hydrogen) atoms. The molecular weight excluding hydrogens is 386 g/mol. The van der Waals surface area contributed by atoms with E-state index in [9.17, 15) is 5.11 Å². The van der Waals surface area contributed by atoms with Gasteiger partial charge in [-0.1, -0.05) is 6.07 Å². The molecule has 3 heterocycles. The summed E-state index contributed by atoms with van der Waals surface area (Å²) >= 11 is 1.51. The van der Waals surface area contributed by atoms with E-state index in [2.05, 4.69) is 16.0 Å². The molecule has 152 valence electrons. The smallest absolute Gasteiger partial charge is 0.180 e. The lowest BCUT2D eigenvalue weighted by Crippen LogP contribution is -2.74. The van der Waals surface area contributed by atoms with E-state index in [4.69, 9.17) is 15.2 Å². The average Bonchev–Trinajstić information content (AvgIpc) is 3.33. The van der Waals surface area contributed by atoms with Crippen LogP contribution in [-0.4, -0.2) is 46.8 Å². The predicted molar refractivity (Wildman–Crippen MR) is 110 cm³/mol. The summed E-state index contributed by atoms with van der Waals surface area (Å²) in [5.74, 6) is 2.36. The number of ether oxygens (including phenoxy) is 2. The lowest BCUT2D eigenvalue weighted by molar-refractivity contribution is -0.172. The van der Waals surface area contributed by atoms with E-state index in [1.807, 2.05) is 6.07 Å². The molecule has 4 atom stereocenters. The van der Waals surface area contributed by atoms with Gasteiger partial charge >= 0.3 is 0 Å². The summed E-state index contributed by atoms with van der Waals surface area (Å²) in [6, 6.07) is 4.30. The number of methoxy groups -OCH3 is 1. The summed E-state index contributed by atoms with van der Waals surface area (Å²) < 4.78 is 12.3.